The fourth-order valence-corrected chi connectivity index (χ4v) is 3.54. The Labute approximate surface area is 145 Å². The van der Waals surface area contributed by atoms with Gasteiger partial charge < -0.3 is 0 Å². The van der Waals surface area contributed by atoms with E-state index in [0.29, 0.717) is 28.5 Å². The van der Waals surface area contributed by atoms with Crippen LogP contribution in [0.5, 0.6) is 0 Å². The van der Waals surface area contributed by atoms with Crippen molar-refractivity contribution >= 4 is 22.6 Å². The summed E-state index contributed by atoms with van der Waals surface area (Å²) in [5, 5.41) is 1.25. The van der Waals surface area contributed by atoms with E-state index in [1.165, 1.54) is 5.56 Å². The topological polar surface area (TPSA) is 47.8 Å². The molecule has 4 rings (SSSR count). The highest BCUT2D eigenvalue weighted by Gasteiger charge is 2.18. The molecular formula is C19H18ClN3O. The maximum Gasteiger partial charge on any atom is 0.263 e. The zero-order chi connectivity index (χ0) is 16.7. The molecule has 0 saturated heterocycles. The molecule has 122 valence electrons. The Bertz CT molecular complexity index is 980. The predicted octanol–water partition coefficient (Wildman–Crippen LogP) is 3.62. The molecule has 0 bridgehead atoms. The van der Waals surface area contributed by atoms with E-state index in [4.69, 9.17) is 11.6 Å². The normalized spacial score (nSPS) is 17.0. The fourth-order valence-electron chi connectivity index (χ4n) is 3.35. The van der Waals surface area contributed by atoms with Crippen LogP contribution in [-0.4, -0.2) is 14.5 Å². The molecule has 5 heteroatoms. The van der Waals surface area contributed by atoms with Gasteiger partial charge >= 0.3 is 0 Å². The maximum atomic E-state index is 12.9. The summed E-state index contributed by atoms with van der Waals surface area (Å²) in [6.07, 6.45) is 4.67. The number of hydrogen-bond acceptors (Lipinski definition) is 3. The van der Waals surface area contributed by atoms with Gasteiger partial charge in [0, 0.05) is 10.7 Å². The lowest BCUT2D eigenvalue weighted by molar-refractivity contribution is 0.495. The Morgan fingerprint density at radius 3 is 3.00 bits per heavy atom. The lowest BCUT2D eigenvalue weighted by Gasteiger charge is -2.20. The molecule has 3 aromatic rings. The van der Waals surface area contributed by atoms with Gasteiger partial charge in [-0.25, -0.2) is 9.97 Å². The van der Waals surface area contributed by atoms with Crippen molar-refractivity contribution in [2.24, 2.45) is 5.92 Å². The summed E-state index contributed by atoms with van der Waals surface area (Å²) in [5.74, 6) is 0.638. The van der Waals surface area contributed by atoms with Crippen molar-refractivity contribution in [2.75, 3.05) is 0 Å². The molecule has 1 aliphatic carbocycles. The average molecular weight is 340 g/mol. The number of rotatable bonds is 2. The second-order valence-corrected chi connectivity index (χ2v) is 6.99. The van der Waals surface area contributed by atoms with E-state index in [-0.39, 0.29) is 5.56 Å². The molecule has 0 aliphatic heterocycles. The van der Waals surface area contributed by atoms with Crippen LogP contribution in [0.2, 0.25) is 5.02 Å². The minimum atomic E-state index is -0.0616. The molecular weight excluding hydrogens is 322 g/mol. The van der Waals surface area contributed by atoms with Gasteiger partial charge in [-0.1, -0.05) is 36.7 Å². The Morgan fingerprint density at radius 1 is 1.33 bits per heavy atom. The van der Waals surface area contributed by atoms with E-state index in [1.807, 2.05) is 30.3 Å². The van der Waals surface area contributed by atoms with E-state index >= 15 is 0 Å². The van der Waals surface area contributed by atoms with E-state index in [1.54, 1.807) is 10.9 Å². The van der Waals surface area contributed by atoms with Crippen molar-refractivity contribution in [3.63, 3.8) is 0 Å². The average Bonchev–Trinajstić information content (AvgIpc) is 2.58. The Balaban J connectivity index is 1.80. The highest BCUT2D eigenvalue weighted by Crippen LogP contribution is 2.25. The molecule has 2 aromatic heterocycles. The lowest BCUT2D eigenvalue weighted by atomic mass is 9.87. The van der Waals surface area contributed by atoms with Crippen LogP contribution in [0.15, 0.2) is 41.5 Å². The smallest absolute Gasteiger partial charge is 0.263 e. The van der Waals surface area contributed by atoms with E-state index in [0.717, 1.165) is 30.5 Å². The summed E-state index contributed by atoms with van der Waals surface area (Å²) in [5.41, 5.74) is 3.67. The van der Waals surface area contributed by atoms with Crippen LogP contribution in [0, 0.1) is 5.92 Å². The number of benzene rings is 1. The van der Waals surface area contributed by atoms with Gasteiger partial charge in [0.05, 0.1) is 11.9 Å². The molecule has 0 amide bonds. The van der Waals surface area contributed by atoms with Gasteiger partial charge in [-0.05, 0) is 48.4 Å². The first-order chi connectivity index (χ1) is 11.6. The number of pyridine rings is 1. The summed E-state index contributed by atoms with van der Waals surface area (Å²) in [4.78, 5) is 21.9. The molecule has 1 atom stereocenters. The van der Waals surface area contributed by atoms with Gasteiger partial charge in [-0.2, -0.15) is 0 Å². The maximum absolute atomic E-state index is 12.9. The monoisotopic (exact) mass is 339 g/mol. The molecule has 4 nitrogen and oxygen atoms in total. The zero-order valence-corrected chi connectivity index (χ0v) is 14.3. The Hall–Kier alpha value is -2.20. The lowest BCUT2D eigenvalue weighted by Crippen LogP contribution is -2.23. The second kappa shape index (κ2) is 6.02. The highest BCUT2D eigenvalue weighted by atomic mass is 35.5. The zero-order valence-electron chi connectivity index (χ0n) is 13.5. The number of nitrogens with zero attached hydrogens (tertiary/aromatic N) is 3. The SMILES string of the molecule is CC1CCc2nc3ncn(Cc4ccccc4Cl)c(=O)c3cc2C1. The summed E-state index contributed by atoms with van der Waals surface area (Å²) < 4.78 is 1.60. The van der Waals surface area contributed by atoms with Crippen LogP contribution in [0.1, 0.15) is 30.2 Å². The third-order valence-corrected chi connectivity index (χ3v) is 5.09. The molecule has 2 heterocycles. The van der Waals surface area contributed by atoms with Crippen LogP contribution in [0.3, 0.4) is 0 Å². The Kier molecular flexibility index (Phi) is 3.85. The minimum absolute atomic E-state index is 0.0616. The largest absolute Gasteiger partial charge is 0.294 e. The number of aryl methyl sites for hydroxylation is 1. The summed E-state index contributed by atoms with van der Waals surface area (Å²) in [6, 6.07) is 9.54. The van der Waals surface area contributed by atoms with E-state index in [2.05, 4.69) is 16.9 Å². The van der Waals surface area contributed by atoms with Gasteiger partial charge in [0.2, 0.25) is 0 Å². The molecule has 1 aromatic carbocycles. The van der Waals surface area contributed by atoms with Crippen LogP contribution in [-0.2, 0) is 19.4 Å². The number of halogens is 1. The van der Waals surface area contributed by atoms with Gasteiger partial charge in [0.15, 0.2) is 5.65 Å². The van der Waals surface area contributed by atoms with Crippen LogP contribution in [0.4, 0.5) is 0 Å². The highest BCUT2D eigenvalue weighted by molar-refractivity contribution is 6.31. The van der Waals surface area contributed by atoms with Gasteiger partial charge in [0.25, 0.3) is 5.56 Å². The van der Waals surface area contributed by atoms with Crippen LogP contribution >= 0.6 is 11.6 Å². The van der Waals surface area contributed by atoms with E-state index < -0.39 is 0 Å². The van der Waals surface area contributed by atoms with Crippen molar-refractivity contribution in [3.8, 4) is 0 Å². The van der Waals surface area contributed by atoms with Crippen molar-refractivity contribution in [2.45, 2.75) is 32.7 Å². The van der Waals surface area contributed by atoms with Gasteiger partial charge in [0.1, 0.15) is 6.33 Å². The Morgan fingerprint density at radius 2 is 2.17 bits per heavy atom. The number of fused-ring (bicyclic) bond motifs is 2. The fraction of sp³-hybridized carbons (Fsp3) is 0.316. The molecule has 24 heavy (non-hydrogen) atoms. The molecule has 0 saturated carbocycles. The van der Waals surface area contributed by atoms with Crippen LogP contribution in [0.25, 0.3) is 11.0 Å². The first kappa shape index (κ1) is 15.3. The molecule has 0 spiro atoms. The summed E-state index contributed by atoms with van der Waals surface area (Å²) in [6.45, 7) is 2.65. The summed E-state index contributed by atoms with van der Waals surface area (Å²) in [7, 11) is 0. The molecule has 0 fully saturated rings. The molecule has 0 N–H and O–H groups in total. The summed E-state index contributed by atoms with van der Waals surface area (Å²) >= 11 is 6.21. The third kappa shape index (κ3) is 2.71. The van der Waals surface area contributed by atoms with Crippen molar-refractivity contribution in [1.29, 1.82) is 0 Å². The predicted molar refractivity (Wildman–Crippen MR) is 95.5 cm³/mol. The molecule has 1 unspecified atom stereocenters. The molecule has 1 aliphatic rings. The molecule has 0 radical (unpaired) electrons. The van der Waals surface area contributed by atoms with Gasteiger partial charge in [-0.3, -0.25) is 9.36 Å². The van der Waals surface area contributed by atoms with Crippen molar-refractivity contribution in [1.82, 2.24) is 14.5 Å². The second-order valence-electron chi connectivity index (χ2n) is 6.58. The first-order valence-electron chi connectivity index (χ1n) is 8.23. The van der Waals surface area contributed by atoms with Gasteiger partial charge in [-0.15, -0.1) is 0 Å². The van der Waals surface area contributed by atoms with E-state index in [9.17, 15) is 4.79 Å². The quantitative estimate of drug-likeness (QED) is 0.716. The van der Waals surface area contributed by atoms with Crippen molar-refractivity contribution in [3.05, 3.63) is 68.9 Å². The van der Waals surface area contributed by atoms with Crippen molar-refractivity contribution < 1.29 is 0 Å². The standard InChI is InChI=1S/C19H18ClN3O/c1-12-6-7-17-14(8-12)9-15-18(22-17)21-11-23(19(15)24)10-13-4-2-3-5-16(13)20/h2-5,9,11-12H,6-8,10H2,1H3. The number of aromatic nitrogens is 3. The number of hydrogen-bond donors (Lipinski definition) is 0. The first-order valence-corrected chi connectivity index (χ1v) is 8.61. The van der Waals surface area contributed by atoms with Crippen LogP contribution < -0.4 is 5.56 Å². The third-order valence-electron chi connectivity index (χ3n) is 4.72. The minimum Gasteiger partial charge on any atom is -0.294 e.